The van der Waals surface area contributed by atoms with E-state index >= 15 is 0 Å². The summed E-state index contributed by atoms with van der Waals surface area (Å²) in [5, 5.41) is 0. The van der Waals surface area contributed by atoms with Crippen molar-refractivity contribution in [1.29, 1.82) is 0 Å². The van der Waals surface area contributed by atoms with Crippen molar-refractivity contribution in [2.75, 3.05) is 25.1 Å². The predicted molar refractivity (Wildman–Crippen MR) is 97.9 cm³/mol. The summed E-state index contributed by atoms with van der Waals surface area (Å²) in [6.45, 7) is 5.09. The zero-order chi connectivity index (χ0) is 18.5. The van der Waals surface area contributed by atoms with Gasteiger partial charge in [-0.15, -0.1) is 0 Å². The molecule has 1 aromatic carbocycles. The molecule has 138 valence electrons. The minimum atomic E-state index is -3.50. The van der Waals surface area contributed by atoms with E-state index in [4.69, 9.17) is 4.74 Å². The third-order valence-corrected chi connectivity index (χ3v) is 7.18. The molecule has 0 saturated carbocycles. The summed E-state index contributed by atoms with van der Waals surface area (Å²) < 4.78 is 33.1. The Morgan fingerprint density at radius 3 is 2.46 bits per heavy atom. The highest BCUT2D eigenvalue weighted by Gasteiger charge is 2.51. The normalized spacial score (nSPS) is 22.8. The maximum absolute atomic E-state index is 13.1. The maximum Gasteiger partial charge on any atom is 0.243 e. The number of ether oxygens (including phenoxy) is 1. The summed E-state index contributed by atoms with van der Waals surface area (Å²) in [7, 11) is -1.92. The summed E-state index contributed by atoms with van der Waals surface area (Å²) in [5.74, 6) is 1.56. The molecule has 7 nitrogen and oxygen atoms in total. The summed E-state index contributed by atoms with van der Waals surface area (Å²) in [4.78, 5) is 10.9. The van der Waals surface area contributed by atoms with E-state index < -0.39 is 10.0 Å². The van der Waals surface area contributed by atoms with Crippen LogP contribution in [0, 0.1) is 13.8 Å². The Balaban J connectivity index is 1.56. The van der Waals surface area contributed by atoms with E-state index in [9.17, 15) is 8.42 Å². The molecular formula is C18H22N4O3S. The van der Waals surface area contributed by atoms with Crippen LogP contribution in [-0.2, 0) is 10.0 Å². The highest BCUT2D eigenvalue weighted by atomic mass is 32.2. The number of rotatable bonds is 4. The number of methoxy groups -OCH3 is 1. The van der Waals surface area contributed by atoms with Gasteiger partial charge in [-0.2, -0.15) is 4.31 Å². The van der Waals surface area contributed by atoms with Crippen molar-refractivity contribution in [3.8, 4) is 5.75 Å². The molecule has 0 spiro atoms. The molecule has 3 fully saturated rings. The number of fused-ring (bicyclic) bond motifs is 2. The number of hydrogen-bond acceptors (Lipinski definition) is 6. The Kier molecular flexibility index (Phi) is 4.11. The molecule has 0 radical (unpaired) electrons. The molecule has 2 bridgehead atoms. The largest absolute Gasteiger partial charge is 0.496 e. The quantitative estimate of drug-likeness (QED) is 0.812. The first-order valence-electron chi connectivity index (χ1n) is 8.62. The highest BCUT2D eigenvalue weighted by Crippen LogP contribution is 2.39. The van der Waals surface area contributed by atoms with Crippen molar-refractivity contribution in [2.24, 2.45) is 0 Å². The number of piperidine rings is 1. The number of aryl methyl sites for hydroxylation is 2. The molecule has 0 N–H and O–H groups in total. The van der Waals surface area contributed by atoms with Crippen LogP contribution < -0.4 is 9.64 Å². The van der Waals surface area contributed by atoms with Gasteiger partial charge in [0.1, 0.15) is 17.9 Å². The fourth-order valence-electron chi connectivity index (χ4n) is 3.90. The number of hydrogen-bond donors (Lipinski definition) is 0. The monoisotopic (exact) mass is 374 g/mol. The summed E-state index contributed by atoms with van der Waals surface area (Å²) in [6.07, 6.45) is 2.45. The molecule has 3 aliphatic heterocycles. The standard InChI is InChI=1S/C18H22N4O3S/c1-12-6-16(4-5-17(12)25-3)26(23,24)22-14-8-15(22)10-21(9-14)18-7-13(2)19-11-20-18/h4-7,11,14-15H,8-10H2,1-3H3. The molecular weight excluding hydrogens is 352 g/mol. The Hall–Kier alpha value is -2.19. The second-order valence-corrected chi connectivity index (χ2v) is 8.78. The van der Waals surface area contributed by atoms with Crippen LogP contribution in [0.1, 0.15) is 17.7 Å². The number of nitrogens with zero attached hydrogens (tertiary/aromatic N) is 4. The fourth-order valence-corrected chi connectivity index (χ4v) is 5.80. The van der Waals surface area contributed by atoms with Gasteiger partial charge in [0.15, 0.2) is 0 Å². The van der Waals surface area contributed by atoms with E-state index in [1.54, 1.807) is 35.9 Å². The van der Waals surface area contributed by atoms with Crippen LogP contribution in [0.2, 0.25) is 0 Å². The van der Waals surface area contributed by atoms with Crippen LogP contribution >= 0.6 is 0 Å². The zero-order valence-electron chi connectivity index (χ0n) is 15.1. The van der Waals surface area contributed by atoms with Gasteiger partial charge in [0.25, 0.3) is 0 Å². The number of benzene rings is 1. The molecule has 5 rings (SSSR count). The lowest BCUT2D eigenvalue weighted by atomic mass is 9.91. The molecule has 4 heterocycles. The lowest BCUT2D eigenvalue weighted by molar-refractivity contribution is 0.0874. The predicted octanol–water partition coefficient (Wildman–Crippen LogP) is 1.75. The van der Waals surface area contributed by atoms with E-state index in [-0.39, 0.29) is 12.1 Å². The van der Waals surface area contributed by atoms with Crippen LogP contribution in [-0.4, -0.2) is 55.0 Å². The molecule has 0 amide bonds. The second-order valence-electron chi connectivity index (χ2n) is 6.93. The molecule has 0 aliphatic carbocycles. The average molecular weight is 374 g/mol. The van der Waals surface area contributed by atoms with E-state index in [2.05, 4.69) is 14.9 Å². The van der Waals surface area contributed by atoms with Gasteiger partial charge in [0.05, 0.1) is 12.0 Å². The van der Waals surface area contributed by atoms with Crippen molar-refractivity contribution in [1.82, 2.24) is 14.3 Å². The summed E-state index contributed by atoms with van der Waals surface area (Å²) in [5.41, 5.74) is 1.73. The lowest BCUT2D eigenvalue weighted by Gasteiger charge is -2.55. The zero-order valence-corrected chi connectivity index (χ0v) is 15.9. The Morgan fingerprint density at radius 2 is 1.85 bits per heavy atom. The van der Waals surface area contributed by atoms with Gasteiger partial charge in [0, 0.05) is 36.9 Å². The number of sulfonamides is 1. The molecule has 1 aromatic heterocycles. The van der Waals surface area contributed by atoms with E-state index in [0.29, 0.717) is 23.7 Å². The molecule has 3 saturated heterocycles. The molecule has 8 heteroatoms. The van der Waals surface area contributed by atoms with Gasteiger partial charge >= 0.3 is 0 Å². The average Bonchev–Trinajstić information content (AvgIpc) is 2.61. The molecule has 2 atom stereocenters. The Morgan fingerprint density at radius 1 is 1.12 bits per heavy atom. The molecule has 2 unspecified atom stereocenters. The SMILES string of the molecule is COc1ccc(S(=O)(=O)N2C3CC2CN(c2cc(C)ncn2)C3)cc1C. The van der Waals surface area contributed by atoms with Gasteiger partial charge in [-0.3, -0.25) is 0 Å². The second kappa shape index (κ2) is 6.21. The van der Waals surface area contributed by atoms with Gasteiger partial charge in [-0.05, 0) is 44.0 Å². The van der Waals surface area contributed by atoms with E-state index in [0.717, 1.165) is 23.5 Å². The maximum atomic E-state index is 13.1. The Bertz CT molecular complexity index is 935. The summed E-state index contributed by atoms with van der Waals surface area (Å²) >= 11 is 0. The highest BCUT2D eigenvalue weighted by molar-refractivity contribution is 7.89. The number of aromatic nitrogens is 2. The number of anilines is 1. The number of piperazine rings is 1. The Labute approximate surface area is 153 Å². The van der Waals surface area contributed by atoms with Crippen LogP contribution in [0.15, 0.2) is 35.5 Å². The molecule has 26 heavy (non-hydrogen) atoms. The van der Waals surface area contributed by atoms with Gasteiger partial charge in [0.2, 0.25) is 10.0 Å². The van der Waals surface area contributed by atoms with Crippen molar-refractivity contribution in [2.45, 2.75) is 37.2 Å². The summed E-state index contributed by atoms with van der Waals surface area (Å²) in [6, 6.07) is 6.94. The third-order valence-electron chi connectivity index (χ3n) is 5.18. The van der Waals surface area contributed by atoms with Crippen LogP contribution in [0.25, 0.3) is 0 Å². The first kappa shape index (κ1) is 17.2. The van der Waals surface area contributed by atoms with Crippen molar-refractivity contribution >= 4 is 15.8 Å². The first-order chi connectivity index (χ1) is 12.4. The van der Waals surface area contributed by atoms with Crippen LogP contribution in [0.3, 0.4) is 0 Å². The first-order valence-corrected chi connectivity index (χ1v) is 10.1. The fraction of sp³-hybridized carbons (Fsp3) is 0.444. The van der Waals surface area contributed by atoms with Crippen molar-refractivity contribution in [3.05, 3.63) is 41.9 Å². The van der Waals surface area contributed by atoms with Crippen molar-refractivity contribution < 1.29 is 13.2 Å². The minimum absolute atomic E-state index is 0.0172. The topological polar surface area (TPSA) is 75.6 Å². The van der Waals surface area contributed by atoms with E-state index in [1.807, 2.05) is 19.9 Å². The lowest BCUT2D eigenvalue weighted by Crippen LogP contribution is -2.70. The van der Waals surface area contributed by atoms with Gasteiger partial charge < -0.3 is 9.64 Å². The van der Waals surface area contributed by atoms with Crippen molar-refractivity contribution in [3.63, 3.8) is 0 Å². The minimum Gasteiger partial charge on any atom is -0.496 e. The van der Waals surface area contributed by atoms with Crippen LogP contribution in [0.5, 0.6) is 5.75 Å². The molecule has 2 aromatic rings. The van der Waals surface area contributed by atoms with Crippen LogP contribution in [0.4, 0.5) is 5.82 Å². The third kappa shape index (κ3) is 2.73. The van der Waals surface area contributed by atoms with Gasteiger partial charge in [-0.1, -0.05) is 0 Å². The molecule has 3 aliphatic rings. The smallest absolute Gasteiger partial charge is 0.243 e. The van der Waals surface area contributed by atoms with E-state index in [1.165, 1.54) is 0 Å². The van der Waals surface area contributed by atoms with Gasteiger partial charge in [-0.25, -0.2) is 18.4 Å².